The number of anilines is 1. The SMILES string of the molecule is Nc1c(Cl)cc(F)cc1B(O)O. The van der Waals surface area contributed by atoms with Crippen LogP contribution in [0.5, 0.6) is 0 Å². The van der Waals surface area contributed by atoms with Gasteiger partial charge in [-0.2, -0.15) is 0 Å². The lowest BCUT2D eigenvalue weighted by Gasteiger charge is -2.05. The first-order chi connectivity index (χ1) is 5.52. The molecule has 0 saturated heterocycles. The van der Waals surface area contributed by atoms with Gasteiger partial charge in [-0.05, 0) is 12.1 Å². The van der Waals surface area contributed by atoms with Crippen LogP contribution in [0.2, 0.25) is 5.02 Å². The number of halogens is 2. The Morgan fingerprint density at radius 3 is 2.50 bits per heavy atom. The van der Waals surface area contributed by atoms with Crippen molar-refractivity contribution in [2.45, 2.75) is 0 Å². The predicted molar refractivity (Wildman–Crippen MR) is 45.6 cm³/mol. The number of nitrogens with two attached hydrogens (primary N) is 1. The summed E-state index contributed by atoms with van der Waals surface area (Å²) in [5, 5.41) is 17.4. The highest BCUT2D eigenvalue weighted by molar-refractivity contribution is 6.61. The first kappa shape index (κ1) is 9.31. The molecule has 12 heavy (non-hydrogen) atoms. The summed E-state index contributed by atoms with van der Waals surface area (Å²) in [6.45, 7) is 0. The van der Waals surface area contributed by atoms with Crippen molar-refractivity contribution in [1.29, 1.82) is 0 Å². The molecule has 1 aromatic rings. The molecule has 0 radical (unpaired) electrons. The molecule has 0 fully saturated rings. The molecule has 4 N–H and O–H groups in total. The molecule has 1 aromatic carbocycles. The van der Waals surface area contributed by atoms with Gasteiger partial charge in [-0.15, -0.1) is 0 Å². The zero-order chi connectivity index (χ0) is 9.30. The maximum absolute atomic E-state index is 12.6. The van der Waals surface area contributed by atoms with E-state index in [1.807, 2.05) is 0 Å². The second-order valence-electron chi connectivity index (χ2n) is 2.26. The molecule has 0 aliphatic carbocycles. The fourth-order valence-corrected chi connectivity index (χ4v) is 1.03. The molecular formula is C6H6BClFNO2. The lowest BCUT2D eigenvalue weighted by Crippen LogP contribution is -2.32. The standard InChI is InChI=1S/C6H6BClFNO2/c8-5-2-3(9)1-4(6(5)10)7(11)12/h1-2,11-12H,10H2. The number of nitrogen functional groups attached to an aromatic ring is 1. The maximum atomic E-state index is 12.6. The zero-order valence-corrected chi connectivity index (χ0v) is 6.72. The maximum Gasteiger partial charge on any atom is 0.490 e. The fraction of sp³-hybridized carbons (Fsp3) is 0. The Bertz CT molecular complexity index is 308. The number of benzene rings is 1. The van der Waals surface area contributed by atoms with E-state index in [0.29, 0.717) is 0 Å². The van der Waals surface area contributed by atoms with Gasteiger partial charge in [-0.3, -0.25) is 0 Å². The molecule has 0 amide bonds. The summed E-state index contributed by atoms with van der Waals surface area (Å²) in [5.41, 5.74) is 5.19. The highest BCUT2D eigenvalue weighted by Crippen LogP contribution is 2.17. The molecule has 6 heteroatoms. The van der Waals surface area contributed by atoms with Crippen LogP contribution in [0.25, 0.3) is 0 Å². The summed E-state index contributed by atoms with van der Waals surface area (Å²) in [6, 6.07) is 1.93. The Balaban J connectivity index is 3.28. The summed E-state index contributed by atoms with van der Waals surface area (Å²) < 4.78 is 12.6. The van der Waals surface area contributed by atoms with Crippen LogP contribution in [-0.4, -0.2) is 17.2 Å². The summed E-state index contributed by atoms with van der Waals surface area (Å²) in [5.74, 6) is -0.655. The van der Waals surface area contributed by atoms with Gasteiger partial charge in [-0.25, -0.2) is 4.39 Å². The van der Waals surface area contributed by atoms with Crippen LogP contribution < -0.4 is 11.2 Å². The van der Waals surface area contributed by atoms with E-state index in [9.17, 15) is 4.39 Å². The van der Waals surface area contributed by atoms with Crippen LogP contribution in [0.15, 0.2) is 12.1 Å². The Labute approximate surface area is 73.7 Å². The topological polar surface area (TPSA) is 66.5 Å². The van der Waals surface area contributed by atoms with E-state index < -0.39 is 12.9 Å². The molecule has 3 nitrogen and oxygen atoms in total. The molecule has 0 aliphatic rings. The molecule has 0 saturated carbocycles. The van der Waals surface area contributed by atoms with Crippen LogP contribution in [-0.2, 0) is 0 Å². The average Bonchev–Trinajstić information content (AvgIpc) is 1.96. The van der Waals surface area contributed by atoms with Gasteiger partial charge in [0.05, 0.1) is 10.7 Å². The molecule has 0 atom stereocenters. The van der Waals surface area contributed by atoms with Crippen molar-refractivity contribution < 1.29 is 14.4 Å². The highest BCUT2D eigenvalue weighted by Gasteiger charge is 2.17. The summed E-state index contributed by atoms with van der Waals surface area (Å²) in [7, 11) is -1.81. The van der Waals surface area contributed by atoms with E-state index >= 15 is 0 Å². The number of hydrogen-bond acceptors (Lipinski definition) is 3. The number of hydrogen-bond donors (Lipinski definition) is 3. The third-order valence-corrected chi connectivity index (χ3v) is 1.72. The Morgan fingerprint density at radius 2 is 2.00 bits per heavy atom. The molecular weight excluding hydrogens is 183 g/mol. The van der Waals surface area contributed by atoms with Crippen LogP contribution in [0.4, 0.5) is 10.1 Å². The minimum Gasteiger partial charge on any atom is -0.423 e. The average molecular weight is 189 g/mol. The van der Waals surface area contributed by atoms with Gasteiger partial charge >= 0.3 is 7.12 Å². The first-order valence-corrected chi connectivity index (χ1v) is 3.50. The van der Waals surface area contributed by atoms with E-state index in [1.54, 1.807) is 0 Å². The summed E-state index contributed by atoms with van der Waals surface area (Å²) in [6.07, 6.45) is 0. The lowest BCUT2D eigenvalue weighted by molar-refractivity contribution is 0.425. The smallest absolute Gasteiger partial charge is 0.423 e. The largest absolute Gasteiger partial charge is 0.490 e. The molecule has 0 aromatic heterocycles. The first-order valence-electron chi connectivity index (χ1n) is 3.13. The second-order valence-corrected chi connectivity index (χ2v) is 2.67. The van der Waals surface area contributed by atoms with Crippen molar-refractivity contribution in [1.82, 2.24) is 0 Å². The normalized spacial score (nSPS) is 10.0. The number of rotatable bonds is 1. The molecule has 0 heterocycles. The quantitative estimate of drug-likeness (QED) is 0.421. The Kier molecular flexibility index (Phi) is 2.57. The summed E-state index contributed by atoms with van der Waals surface area (Å²) in [4.78, 5) is 0. The highest BCUT2D eigenvalue weighted by atomic mass is 35.5. The third kappa shape index (κ3) is 1.69. The lowest BCUT2D eigenvalue weighted by atomic mass is 9.79. The molecule has 0 unspecified atom stereocenters. The third-order valence-electron chi connectivity index (χ3n) is 1.40. The predicted octanol–water partition coefficient (Wildman–Crippen LogP) is -0.259. The van der Waals surface area contributed by atoms with Crippen molar-refractivity contribution in [3.63, 3.8) is 0 Å². The van der Waals surface area contributed by atoms with Crippen LogP contribution in [0.3, 0.4) is 0 Å². The van der Waals surface area contributed by atoms with Gasteiger partial charge in [-0.1, -0.05) is 11.6 Å². The second kappa shape index (κ2) is 3.31. The van der Waals surface area contributed by atoms with Gasteiger partial charge in [0.15, 0.2) is 0 Å². The van der Waals surface area contributed by atoms with E-state index in [0.717, 1.165) is 12.1 Å². The van der Waals surface area contributed by atoms with E-state index in [1.165, 1.54) is 0 Å². The van der Waals surface area contributed by atoms with Crippen molar-refractivity contribution in [3.8, 4) is 0 Å². The van der Waals surface area contributed by atoms with Crippen LogP contribution >= 0.6 is 11.6 Å². The van der Waals surface area contributed by atoms with Crippen molar-refractivity contribution in [3.05, 3.63) is 23.0 Å². The summed E-state index contributed by atoms with van der Waals surface area (Å²) >= 11 is 5.48. The minimum atomic E-state index is -1.81. The van der Waals surface area contributed by atoms with Gasteiger partial charge in [0.1, 0.15) is 5.82 Å². The molecule has 64 valence electrons. The van der Waals surface area contributed by atoms with E-state index in [4.69, 9.17) is 27.4 Å². The van der Waals surface area contributed by atoms with E-state index in [2.05, 4.69) is 0 Å². The zero-order valence-electron chi connectivity index (χ0n) is 5.96. The van der Waals surface area contributed by atoms with Gasteiger partial charge < -0.3 is 15.8 Å². The van der Waals surface area contributed by atoms with Crippen LogP contribution in [0.1, 0.15) is 0 Å². The van der Waals surface area contributed by atoms with Crippen LogP contribution in [0, 0.1) is 5.82 Å². The fourth-order valence-electron chi connectivity index (χ4n) is 0.818. The van der Waals surface area contributed by atoms with Gasteiger partial charge in [0.25, 0.3) is 0 Å². The Morgan fingerprint density at radius 1 is 1.42 bits per heavy atom. The van der Waals surface area contributed by atoms with E-state index in [-0.39, 0.29) is 16.2 Å². The molecule has 1 rings (SSSR count). The minimum absolute atomic E-state index is 0.0203. The van der Waals surface area contributed by atoms with Crippen molar-refractivity contribution >= 4 is 29.9 Å². The molecule has 0 spiro atoms. The van der Waals surface area contributed by atoms with Gasteiger partial charge in [0, 0.05) is 5.46 Å². The molecule has 0 aliphatic heterocycles. The molecule has 0 bridgehead atoms. The van der Waals surface area contributed by atoms with Crippen molar-refractivity contribution in [2.24, 2.45) is 0 Å². The van der Waals surface area contributed by atoms with Crippen molar-refractivity contribution in [2.75, 3.05) is 5.73 Å². The monoisotopic (exact) mass is 189 g/mol. The Hall–Kier alpha value is -0.775. The van der Waals surface area contributed by atoms with Gasteiger partial charge in [0.2, 0.25) is 0 Å².